The Labute approximate surface area is 175 Å². The fourth-order valence-electron chi connectivity index (χ4n) is 4.83. The van der Waals surface area contributed by atoms with Crippen LogP contribution in [0.3, 0.4) is 0 Å². The first-order valence-electron chi connectivity index (χ1n) is 9.79. The van der Waals surface area contributed by atoms with Crippen LogP contribution < -0.4 is 15.7 Å². The molecule has 30 heavy (non-hydrogen) atoms. The maximum Gasteiger partial charge on any atom is 0.342 e. The predicted octanol–water partition coefficient (Wildman–Crippen LogP) is 2.44. The van der Waals surface area contributed by atoms with Crippen molar-refractivity contribution in [1.82, 2.24) is 9.30 Å². The summed E-state index contributed by atoms with van der Waals surface area (Å²) in [6, 6.07) is 1.65. The van der Waals surface area contributed by atoms with E-state index in [9.17, 15) is 14.7 Å². The Morgan fingerprint density at radius 3 is 2.63 bits per heavy atom. The molecule has 0 saturated carbocycles. The van der Waals surface area contributed by atoms with Gasteiger partial charge in [0.1, 0.15) is 16.2 Å². The average molecular weight is 428 g/mol. The minimum atomic E-state index is -1.30. The summed E-state index contributed by atoms with van der Waals surface area (Å²) in [7, 11) is 5.75. The van der Waals surface area contributed by atoms with E-state index in [4.69, 9.17) is 0 Å². The van der Waals surface area contributed by atoms with Gasteiger partial charge in [-0.3, -0.25) is 14.2 Å². The predicted molar refractivity (Wildman–Crippen MR) is 116 cm³/mol. The molecule has 0 aliphatic carbocycles. The minimum Gasteiger partial charge on any atom is -0.477 e. The number of carboxylic acids is 1. The summed E-state index contributed by atoms with van der Waals surface area (Å²) in [6.45, 7) is 1.40. The summed E-state index contributed by atoms with van der Waals surface area (Å²) >= 11 is 1.20. The molecule has 9 heteroatoms. The summed E-state index contributed by atoms with van der Waals surface area (Å²) < 4.78 is 17.2. The van der Waals surface area contributed by atoms with E-state index < -0.39 is 17.2 Å². The minimum absolute atomic E-state index is 0.0858. The van der Waals surface area contributed by atoms with Crippen molar-refractivity contribution >= 4 is 49.6 Å². The van der Waals surface area contributed by atoms with E-state index in [-0.39, 0.29) is 10.9 Å². The van der Waals surface area contributed by atoms with Crippen LogP contribution in [-0.4, -0.2) is 60.7 Å². The van der Waals surface area contributed by atoms with Crippen LogP contribution in [0.25, 0.3) is 26.6 Å². The molecule has 1 fully saturated rings. The van der Waals surface area contributed by atoms with Crippen LogP contribution in [-0.2, 0) is 0 Å². The summed E-state index contributed by atoms with van der Waals surface area (Å²) in [5.74, 6) is -1.81. The molecule has 4 aromatic rings. The average Bonchev–Trinajstić information content (AvgIpc) is 3.26. The monoisotopic (exact) mass is 428 g/mol. The van der Waals surface area contributed by atoms with E-state index in [1.165, 1.54) is 17.4 Å². The van der Waals surface area contributed by atoms with Crippen molar-refractivity contribution in [2.24, 2.45) is 4.99 Å². The third-order valence-corrected chi connectivity index (χ3v) is 7.24. The van der Waals surface area contributed by atoms with Gasteiger partial charge in [-0.15, -0.1) is 11.3 Å². The smallest absolute Gasteiger partial charge is 0.342 e. The van der Waals surface area contributed by atoms with Crippen molar-refractivity contribution in [2.45, 2.75) is 18.9 Å². The van der Waals surface area contributed by atoms with E-state index in [1.807, 2.05) is 4.90 Å². The highest BCUT2D eigenvalue weighted by Gasteiger charge is 2.30. The Hall–Kier alpha value is -2.78. The number of benzene rings is 1. The summed E-state index contributed by atoms with van der Waals surface area (Å²) in [4.78, 5) is 33.8. The van der Waals surface area contributed by atoms with Crippen molar-refractivity contribution in [1.29, 1.82) is 0 Å². The molecular weight excluding hydrogens is 407 g/mol. The number of carboxylic acid groups (broad SMARTS) is 1. The molecule has 0 spiro atoms. The molecule has 1 aromatic carbocycles. The molecule has 0 atom stereocenters. The normalized spacial score (nSPS) is 16.8. The van der Waals surface area contributed by atoms with E-state index in [0.717, 1.165) is 12.8 Å². The van der Waals surface area contributed by atoms with Gasteiger partial charge >= 0.3 is 5.97 Å². The molecular formula is C21H21FN4O3S. The quantitative estimate of drug-likeness (QED) is 0.542. The van der Waals surface area contributed by atoms with Gasteiger partial charge in [0.15, 0.2) is 0 Å². The molecule has 7 nitrogen and oxygen atoms in total. The highest BCUT2D eigenvalue weighted by molar-refractivity contribution is 7.16. The molecule has 3 aromatic heterocycles. The number of pyridine rings is 1. The lowest BCUT2D eigenvalue weighted by molar-refractivity contribution is 0.0697. The first-order chi connectivity index (χ1) is 14.3. The molecule has 1 N–H and O–H groups in total. The van der Waals surface area contributed by atoms with Gasteiger partial charge in [-0.2, -0.15) is 0 Å². The number of rotatable bonds is 3. The van der Waals surface area contributed by atoms with Gasteiger partial charge in [0, 0.05) is 31.6 Å². The molecule has 0 radical (unpaired) electrons. The largest absolute Gasteiger partial charge is 0.477 e. The van der Waals surface area contributed by atoms with Crippen LogP contribution in [0.1, 0.15) is 23.2 Å². The van der Waals surface area contributed by atoms with Crippen LogP contribution in [0.15, 0.2) is 21.2 Å². The number of nitrogens with zero attached hydrogens (tertiary/aromatic N) is 4. The molecule has 0 amide bonds. The second-order valence-corrected chi connectivity index (χ2v) is 8.86. The number of hydrogen-bond acceptors (Lipinski definition) is 6. The topological polar surface area (TPSA) is 77.6 Å². The third-order valence-electron chi connectivity index (χ3n) is 6.29. The zero-order chi connectivity index (χ0) is 21.3. The zero-order valence-corrected chi connectivity index (χ0v) is 17.7. The fraction of sp³-hybridized carbons (Fsp3) is 0.381. The second kappa shape index (κ2) is 6.61. The molecule has 1 aliphatic heterocycles. The van der Waals surface area contributed by atoms with Crippen molar-refractivity contribution < 1.29 is 14.3 Å². The standard InChI is InChI=1S/C21H21FN4O3S/c1-23-16-13-9-30-20-15(21(28)29)19(27)11-8-12(22)18(14(16)17(11)26(13)20)25-6-4-10(5-7-25)24(2)3/h8-10H,4-7H2,1-3H3,(H,28,29). The van der Waals surface area contributed by atoms with Gasteiger partial charge in [-0.25, -0.2) is 9.18 Å². The van der Waals surface area contributed by atoms with Crippen LogP contribution in [0.5, 0.6) is 0 Å². The molecule has 1 saturated heterocycles. The Kier molecular flexibility index (Phi) is 4.23. The lowest BCUT2D eigenvalue weighted by Gasteiger charge is -2.37. The molecule has 4 heterocycles. The number of aromatic nitrogens is 1. The fourth-order valence-corrected chi connectivity index (χ4v) is 5.86. The Morgan fingerprint density at radius 2 is 2.03 bits per heavy atom. The van der Waals surface area contributed by atoms with Gasteiger partial charge in [-0.05, 0) is 33.0 Å². The van der Waals surface area contributed by atoms with Gasteiger partial charge < -0.3 is 14.9 Å². The first kappa shape index (κ1) is 19.2. The first-order valence-corrected chi connectivity index (χ1v) is 10.7. The second-order valence-electron chi connectivity index (χ2n) is 8.00. The Bertz CT molecular complexity index is 1420. The highest BCUT2D eigenvalue weighted by atomic mass is 32.1. The summed E-state index contributed by atoms with van der Waals surface area (Å²) in [5, 5.41) is 12.7. The molecule has 0 unspecified atom stereocenters. The Balaban J connectivity index is 1.86. The van der Waals surface area contributed by atoms with Crippen LogP contribution in [0, 0.1) is 5.82 Å². The van der Waals surface area contributed by atoms with Crippen LogP contribution in [0.4, 0.5) is 10.1 Å². The van der Waals surface area contributed by atoms with Gasteiger partial charge in [-0.1, -0.05) is 0 Å². The highest BCUT2D eigenvalue weighted by Crippen LogP contribution is 2.37. The molecule has 1 aliphatic rings. The van der Waals surface area contributed by atoms with E-state index in [1.54, 1.807) is 16.8 Å². The lowest BCUT2D eigenvalue weighted by Crippen LogP contribution is -2.42. The van der Waals surface area contributed by atoms with Gasteiger partial charge in [0.25, 0.3) is 0 Å². The number of aromatic carboxylic acids is 1. The SMILES string of the molecule is CN=c1c2c(N3CCC(N(C)C)CC3)c(F)cc3c(=O)c(C(=O)O)c4scc1n4c32. The number of anilines is 1. The van der Waals surface area contributed by atoms with E-state index in [0.29, 0.717) is 51.4 Å². The van der Waals surface area contributed by atoms with Crippen LogP contribution in [0.2, 0.25) is 0 Å². The van der Waals surface area contributed by atoms with E-state index in [2.05, 4.69) is 24.0 Å². The van der Waals surface area contributed by atoms with Crippen molar-refractivity contribution in [3.63, 3.8) is 0 Å². The lowest BCUT2D eigenvalue weighted by atomic mass is 10.0. The number of carbonyl (C=O) groups is 1. The Morgan fingerprint density at radius 1 is 1.33 bits per heavy atom. The van der Waals surface area contributed by atoms with Crippen molar-refractivity contribution in [3.8, 4) is 0 Å². The number of piperidine rings is 1. The number of thiazole rings is 1. The van der Waals surface area contributed by atoms with Gasteiger partial charge in [0.2, 0.25) is 5.43 Å². The summed E-state index contributed by atoms with van der Waals surface area (Å²) in [6.07, 6.45) is 1.83. The third kappa shape index (κ3) is 2.42. The van der Waals surface area contributed by atoms with Crippen molar-refractivity contribution in [3.05, 3.63) is 38.4 Å². The molecule has 0 bridgehead atoms. The van der Waals surface area contributed by atoms with Gasteiger partial charge in [0.05, 0.1) is 32.9 Å². The van der Waals surface area contributed by atoms with Crippen molar-refractivity contribution in [2.75, 3.05) is 39.1 Å². The van der Waals surface area contributed by atoms with Crippen LogP contribution >= 0.6 is 11.3 Å². The summed E-state index contributed by atoms with van der Waals surface area (Å²) in [5.41, 5.74) is 0.748. The molecule has 5 rings (SSSR count). The zero-order valence-electron chi connectivity index (χ0n) is 16.9. The number of halogens is 1. The maximum atomic E-state index is 15.5. The number of hydrogen-bond donors (Lipinski definition) is 1. The van der Waals surface area contributed by atoms with E-state index >= 15 is 4.39 Å². The molecule has 156 valence electrons. The maximum absolute atomic E-state index is 15.5.